The molecule has 3 amide bonds. The lowest BCUT2D eigenvalue weighted by molar-refractivity contribution is -0.151. The normalized spacial score (nSPS) is 23.6. The molecule has 4 heterocycles. The van der Waals surface area contributed by atoms with Crippen LogP contribution in [0.25, 0.3) is 10.8 Å². The number of carbonyl (C=O) groups excluding carboxylic acids is 3. The molecule has 1 saturated heterocycles. The molecule has 1 fully saturated rings. The van der Waals surface area contributed by atoms with Crippen LogP contribution in [-0.2, 0) is 39.4 Å². The summed E-state index contributed by atoms with van der Waals surface area (Å²) in [4.78, 5) is 47.4. The van der Waals surface area contributed by atoms with Crippen LogP contribution >= 0.6 is 0 Å². The first-order valence-corrected chi connectivity index (χ1v) is 17.4. The van der Waals surface area contributed by atoms with Crippen molar-refractivity contribution >= 4 is 45.6 Å². The summed E-state index contributed by atoms with van der Waals surface area (Å²) in [6.45, 7) is 2.68. The molecule has 4 atom stereocenters. The highest BCUT2D eigenvalue weighted by atomic mass is 16.5. The van der Waals surface area contributed by atoms with Gasteiger partial charge in [0.2, 0.25) is 5.91 Å². The van der Waals surface area contributed by atoms with Gasteiger partial charge in [-0.05, 0) is 65.3 Å². The van der Waals surface area contributed by atoms with Crippen LogP contribution in [0.4, 0.5) is 17.1 Å². The summed E-state index contributed by atoms with van der Waals surface area (Å²) in [6, 6.07) is 35.1. The molecule has 5 aromatic rings. The van der Waals surface area contributed by atoms with Crippen LogP contribution in [0.3, 0.4) is 0 Å². The molecule has 1 spiro atoms. The number of para-hydroxylation sites is 1. The monoisotopic (exact) mass is 663 g/mol. The van der Waals surface area contributed by atoms with Gasteiger partial charge in [-0.2, -0.15) is 0 Å². The zero-order valence-corrected chi connectivity index (χ0v) is 27.8. The van der Waals surface area contributed by atoms with Gasteiger partial charge in [0.25, 0.3) is 11.8 Å². The van der Waals surface area contributed by atoms with Crippen LogP contribution in [0.5, 0.6) is 0 Å². The maximum absolute atomic E-state index is 14.6. The average molecular weight is 664 g/mol. The Morgan fingerprint density at radius 1 is 0.880 bits per heavy atom. The fourth-order valence-corrected chi connectivity index (χ4v) is 8.81. The number of carbonyl (C=O) groups is 3. The van der Waals surface area contributed by atoms with Gasteiger partial charge in [-0.15, -0.1) is 0 Å². The maximum atomic E-state index is 14.6. The van der Waals surface area contributed by atoms with Crippen molar-refractivity contribution in [3.05, 3.63) is 137 Å². The second-order valence-electron chi connectivity index (χ2n) is 14.0. The highest BCUT2D eigenvalue weighted by Gasteiger charge is 2.60. The van der Waals surface area contributed by atoms with Crippen molar-refractivity contribution in [3.8, 4) is 0 Å². The molecule has 9 rings (SSSR count). The summed E-state index contributed by atoms with van der Waals surface area (Å²) < 4.78 is 6.76. The molecule has 0 aromatic heterocycles. The summed E-state index contributed by atoms with van der Waals surface area (Å²) in [5, 5.41) is 12.1. The number of amides is 3. The van der Waals surface area contributed by atoms with Crippen molar-refractivity contribution in [1.82, 2.24) is 4.90 Å². The second kappa shape index (κ2) is 11.6. The van der Waals surface area contributed by atoms with Gasteiger partial charge in [0.1, 0.15) is 0 Å². The molecular formula is C42H37N3O5. The third-order valence-corrected chi connectivity index (χ3v) is 11.2. The SMILES string of the molecule is C[C@H]1C[C@@H](CC(=O)N2Cc3ccccc3C[C@H]2CO)O[C@]12C(=O)N(Cc1cccc(N3C(=O)c4cccc5cccc3c45)c1)c1ccccc12. The van der Waals surface area contributed by atoms with Crippen molar-refractivity contribution in [2.24, 2.45) is 5.92 Å². The third kappa shape index (κ3) is 4.55. The molecule has 250 valence electrons. The number of hydrogen-bond donors (Lipinski definition) is 1. The Kier molecular flexibility index (Phi) is 7.16. The minimum atomic E-state index is -1.20. The standard InChI is InChI=1S/C42H37N3O5/c1-26-19-33(22-38(47)43-24-30-11-3-2-10-29(30)21-32(43)25-46)50-42(26)35-16-4-5-17-36(35)44(41(42)49)23-27-9-6-14-31(20-27)45-37-18-8-13-28-12-7-15-34(39(28)37)40(45)48/h2-18,20,26,32-33,46H,19,21-25H2,1H3/t26-,32-,33-,42+/m0/s1. The minimum Gasteiger partial charge on any atom is -0.394 e. The lowest BCUT2D eigenvalue weighted by Gasteiger charge is -2.36. The highest BCUT2D eigenvalue weighted by Crippen LogP contribution is 2.54. The summed E-state index contributed by atoms with van der Waals surface area (Å²) in [6.07, 6.45) is 0.870. The number of aliphatic hydroxyl groups excluding tert-OH is 1. The van der Waals surface area contributed by atoms with E-state index >= 15 is 0 Å². The van der Waals surface area contributed by atoms with Gasteiger partial charge in [-0.25, -0.2) is 0 Å². The van der Waals surface area contributed by atoms with E-state index in [-0.39, 0.29) is 42.7 Å². The molecule has 8 heteroatoms. The third-order valence-electron chi connectivity index (χ3n) is 11.2. The van der Waals surface area contributed by atoms with E-state index in [2.05, 4.69) is 6.07 Å². The first-order valence-electron chi connectivity index (χ1n) is 17.4. The number of rotatable bonds is 6. The van der Waals surface area contributed by atoms with E-state index in [1.54, 1.807) is 14.7 Å². The second-order valence-corrected chi connectivity index (χ2v) is 14.0. The van der Waals surface area contributed by atoms with E-state index in [0.717, 1.165) is 50.1 Å². The zero-order valence-electron chi connectivity index (χ0n) is 27.8. The van der Waals surface area contributed by atoms with Crippen LogP contribution in [0.1, 0.15) is 52.4 Å². The van der Waals surface area contributed by atoms with E-state index < -0.39 is 11.7 Å². The number of nitrogens with zero attached hydrogens (tertiary/aromatic N) is 3. The van der Waals surface area contributed by atoms with Crippen LogP contribution in [0, 0.1) is 5.92 Å². The summed E-state index contributed by atoms with van der Waals surface area (Å²) in [7, 11) is 0. The maximum Gasteiger partial charge on any atom is 0.264 e. The van der Waals surface area contributed by atoms with Gasteiger partial charge in [0, 0.05) is 29.1 Å². The molecule has 0 aliphatic carbocycles. The van der Waals surface area contributed by atoms with Gasteiger partial charge in [-0.1, -0.05) is 85.8 Å². The Balaban J connectivity index is 0.975. The van der Waals surface area contributed by atoms with E-state index in [1.165, 1.54) is 0 Å². The first kappa shape index (κ1) is 30.7. The molecule has 5 aromatic carbocycles. The fraction of sp³-hybridized carbons (Fsp3) is 0.262. The van der Waals surface area contributed by atoms with Crippen LogP contribution in [-0.4, -0.2) is 46.5 Å². The number of ether oxygens (including phenoxy) is 1. The van der Waals surface area contributed by atoms with Crippen LogP contribution in [0.15, 0.2) is 109 Å². The quantitative estimate of drug-likeness (QED) is 0.220. The Hall–Kier alpha value is -5.31. The lowest BCUT2D eigenvalue weighted by atomic mass is 9.83. The average Bonchev–Trinajstić information content (AvgIpc) is 3.71. The summed E-state index contributed by atoms with van der Waals surface area (Å²) in [5.41, 5.74) is 5.84. The lowest BCUT2D eigenvalue weighted by Crippen LogP contribution is -2.47. The van der Waals surface area contributed by atoms with Crippen molar-refractivity contribution in [2.45, 2.75) is 57.0 Å². The van der Waals surface area contributed by atoms with Crippen LogP contribution in [0.2, 0.25) is 0 Å². The Morgan fingerprint density at radius 3 is 2.46 bits per heavy atom. The van der Waals surface area contributed by atoms with Crippen molar-refractivity contribution in [3.63, 3.8) is 0 Å². The summed E-state index contributed by atoms with van der Waals surface area (Å²) in [5.74, 6) is -0.443. The number of anilines is 3. The highest BCUT2D eigenvalue weighted by molar-refractivity contribution is 6.27. The zero-order chi connectivity index (χ0) is 34.1. The Morgan fingerprint density at radius 2 is 1.62 bits per heavy atom. The molecule has 0 saturated carbocycles. The number of aliphatic hydroxyl groups is 1. The molecule has 0 bridgehead atoms. The largest absolute Gasteiger partial charge is 0.394 e. The summed E-state index contributed by atoms with van der Waals surface area (Å²) >= 11 is 0. The molecule has 0 radical (unpaired) electrons. The van der Waals surface area contributed by atoms with E-state index in [4.69, 9.17) is 4.74 Å². The molecule has 8 nitrogen and oxygen atoms in total. The van der Waals surface area contributed by atoms with Crippen molar-refractivity contribution < 1.29 is 24.2 Å². The van der Waals surface area contributed by atoms with E-state index in [1.807, 2.05) is 110 Å². The van der Waals surface area contributed by atoms with Crippen molar-refractivity contribution in [1.29, 1.82) is 0 Å². The van der Waals surface area contributed by atoms with E-state index in [0.29, 0.717) is 31.5 Å². The topological polar surface area (TPSA) is 90.4 Å². The number of hydrogen-bond acceptors (Lipinski definition) is 5. The predicted octanol–water partition coefficient (Wildman–Crippen LogP) is 6.63. The molecule has 50 heavy (non-hydrogen) atoms. The van der Waals surface area contributed by atoms with Gasteiger partial charge in [0.15, 0.2) is 5.60 Å². The van der Waals surface area contributed by atoms with Gasteiger partial charge in [0.05, 0.1) is 48.7 Å². The Labute approximate surface area is 290 Å². The molecule has 1 N–H and O–H groups in total. The van der Waals surface area contributed by atoms with E-state index in [9.17, 15) is 19.5 Å². The molecule has 0 unspecified atom stereocenters. The molecule has 4 aliphatic rings. The molecular weight excluding hydrogens is 626 g/mol. The smallest absolute Gasteiger partial charge is 0.264 e. The van der Waals surface area contributed by atoms with Gasteiger partial charge in [-0.3, -0.25) is 19.3 Å². The van der Waals surface area contributed by atoms with Crippen LogP contribution < -0.4 is 9.80 Å². The molecule has 4 aliphatic heterocycles. The number of fused-ring (bicyclic) bond motifs is 3. The fourth-order valence-electron chi connectivity index (χ4n) is 8.81. The van der Waals surface area contributed by atoms with Crippen molar-refractivity contribution in [2.75, 3.05) is 16.4 Å². The number of benzene rings is 5. The first-order chi connectivity index (χ1) is 24.4. The van der Waals surface area contributed by atoms with Gasteiger partial charge >= 0.3 is 0 Å². The minimum absolute atomic E-state index is 0.0664. The predicted molar refractivity (Wildman–Crippen MR) is 191 cm³/mol. The Bertz CT molecular complexity index is 2210. The van der Waals surface area contributed by atoms with Gasteiger partial charge < -0.3 is 19.6 Å².